The summed E-state index contributed by atoms with van der Waals surface area (Å²) in [6.45, 7) is 4.42. The van der Waals surface area contributed by atoms with Crippen molar-refractivity contribution in [3.05, 3.63) is 98.7 Å². The molecule has 5 aromatic rings. The summed E-state index contributed by atoms with van der Waals surface area (Å²) in [4.78, 5) is 32.2. The lowest BCUT2D eigenvalue weighted by Gasteiger charge is -2.35. The molecule has 0 aliphatic carbocycles. The Morgan fingerprint density at radius 3 is 2.44 bits per heavy atom. The largest absolute Gasteiger partial charge is 0.461 e. The number of piperazine rings is 1. The van der Waals surface area contributed by atoms with Crippen molar-refractivity contribution in [3.63, 3.8) is 0 Å². The molecule has 2 aromatic carbocycles. The van der Waals surface area contributed by atoms with Crippen molar-refractivity contribution in [2.24, 2.45) is 0 Å². The van der Waals surface area contributed by atoms with Gasteiger partial charge < -0.3 is 14.2 Å². The number of thioether (sulfide) groups is 1. The summed E-state index contributed by atoms with van der Waals surface area (Å²) >= 11 is 2.95. The molecule has 13 heteroatoms. The molecule has 1 aliphatic heterocycles. The fraction of sp³-hybridized carbons (Fsp3) is 0.214. The summed E-state index contributed by atoms with van der Waals surface area (Å²) in [6.07, 6.45) is 1.61. The number of anilines is 1. The molecule has 0 unspecified atom stereocenters. The van der Waals surface area contributed by atoms with Gasteiger partial charge in [-0.1, -0.05) is 29.5 Å². The van der Waals surface area contributed by atoms with Crippen LogP contribution in [-0.2, 0) is 5.75 Å². The van der Waals surface area contributed by atoms with Crippen LogP contribution in [0.2, 0.25) is 0 Å². The molecule has 0 bridgehead atoms. The van der Waals surface area contributed by atoms with Gasteiger partial charge in [0.25, 0.3) is 11.6 Å². The van der Waals surface area contributed by atoms with Crippen LogP contribution in [0.15, 0.2) is 81.9 Å². The van der Waals surface area contributed by atoms with Crippen molar-refractivity contribution >= 4 is 40.4 Å². The number of nitro benzene ring substituents is 1. The van der Waals surface area contributed by atoms with Gasteiger partial charge in [0.2, 0.25) is 5.82 Å². The first-order valence-corrected chi connectivity index (χ1v) is 14.7. The number of furan rings is 1. The van der Waals surface area contributed by atoms with Gasteiger partial charge in [0.05, 0.1) is 16.9 Å². The summed E-state index contributed by atoms with van der Waals surface area (Å²) in [7, 11) is 0. The van der Waals surface area contributed by atoms with Gasteiger partial charge in [0, 0.05) is 55.1 Å². The van der Waals surface area contributed by atoms with Crippen molar-refractivity contribution in [2.45, 2.75) is 17.8 Å². The number of aromatic nitrogens is 4. The molecule has 11 nitrogen and oxygen atoms in total. The van der Waals surface area contributed by atoms with Gasteiger partial charge in [-0.15, -0.1) is 21.5 Å². The average molecular weight is 588 g/mol. The molecule has 0 radical (unpaired) electrons. The molecule has 1 saturated heterocycles. The second kappa shape index (κ2) is 11.6. The molecular formula is C28H25N7O4S2. The predicted octanol–water partition coefficient (Wildman–Crippen LogP) is 5.46. The van der Waals surface area contributed by atoms with Crippen LogP contribution in [0.3, 0.4) is 0 Å². The van der Waals surface area contributed by atoms with Crippen molar-refractivity contribution in [1.29, 1.82) is 0 Å². The lowest BCUT2D eigenvalue weighted by molar-refractivity contribution is -0.384. The maximum Gasteiger partial charge on any atom is 0.273 e. The fourth-order valence-corrected chi connectivity index (χ4v) is 6.31. The number of rotatable bonds is 8. The smallest absolute Gasteiger partial charge is 0.273 e. The van der Waals surface area contributed by atoms with Crippen LogP contribution in [0.25, 0.3) is 17.3 Å². The number of amides is 1. The number of hydrogen-bond donors (Lipinski definition) is 0. The number of non-ortho nitro benzene ring substituents is 1. The Morgan fingerprint density at radius 2 is 1.76 bits per heavy atom. The first kappa shape index (κ1) is 26.7. The van der Waals surface area contributed by atoms with Crippen LogP contribution in [0.1, 0.15) is 21.1 Å². The highest BCUT2D eigenvalue weighted by Gasteiger charge is 2.25. The quantitative estimate of drug-likeness (QED) is 0.132. The number of thiazole rings is 1. The Labute approximate surface area is 243 Å². The maximum absolute atomic E-state index is 13.2. The number of carbonyl (C=O) groups is 1. The molecule has 208 valence electrons. The number of carbonyl (C=O) groups excluding carboxylic acids is 1. The van der Waals surface area contributed by atoms with Gasteiger partial charge in [-0.25, -0.2) is 4.98 Å². The molecule has 0 saturated carbocycles. The lowest BCUT2D eigenvalue weighted by Crippen LogP contribution is -2.48. The van der Waals surface area contributed by atoms with E-state index in [1.807, 2.05) is 47.9 Å². The van der Waals surface area contributed by atoms with E-state index < -0.39 is 4.92 Å². The van der Waals surface area contributed by atoms with Crippen molar-refractivity contribution < 1.29 is 14.1 Å². The summed E-state index contributed by atoms with van der Waals surface area (Å²) in [5.74, 6) is 1.68. The lowest BCUT2D eigenvalue weighted by atomic mass is 10.2. The first-order chi connectivity index (χ1) is 20.0. The number of benzene rings is 2. The fourth-order valence-electron chi connectivity index (χ4n) is 4.57. The van der Waals surface area contributed by atoms with Crippen LogP contribution < -0.4 is 4.90 Å². The topological polar surface area (TPSA) is 123 Å². The molecule has 0 N–H and O–H groups in total. The van der Waals surface area contributed by atoms with Crippen LogP contribution in [-0.4, -0.2) is 61.7 Å². The zero-order valence-corrected chi connectivity index (χ0v) is 23.7. The number of aryl methyl sites for hydroxylation is 1. The Kier molecular flexibility index (Phi) is 7.53. The molecule has 6 rings (SSSR count). The van der Waals surface area contributed by atoms with Crippen molar-refractivity contribution in [1.82, 2.24) is 24.6 Å². The van der Waals surface area contributed by atoms with Gasteiger partial charge in [0.15, 0.2) is 10.9 Å². The van der Waals surface area contributed by atoms with Gasteiger partial charge in [0.1, 0.15) is 10.7 Å². The highest BCUT2D eigenvalue weighted by atomic mass is 32.2. The average Bonchev–Trinajstić information content (AvgIpc) is 3.78. The number of nitro groups is 1. The third-order valence-electron chi connectivity index (χ3n) is 6.76. The third kappa shape index (κ3) is 5.72. The highest BCUT2D eigenvalue weighted by Crippen LogP contribution is 2.31. The standard InChI is InChI=1S/C28H25N7O4S2/c1-19-4-6-21(7-5-19)34-26(24-3-2-16-39-24)30-31-28(34)41-18-25-29-23(17-40-25)27(36)33-14-12-32(13-15-33)20-8-10-22(11-9-20)35(37)38/h2-11,16-17H,12-15,18H2,1H3. The minimum Gasteiger partial charge on any atom is -0.461 e. The van der Waals surface area contributed by atoms with E-state index in [0.717, 1.165) is 21.9 Å². The molecule has 4 heterocycles. The van der Waals surface area contributed by atoms with Crippen molar-refractivity contribution in [2.75, 3.05) is 31.1 Å². The van der Waals surface area contributed by atoms with E-state index in [2.05, 4.69) is 20.1 Å². The molecule has 0 spiro atoms. The van der Waals surface area contributed by atoms with Gasteiger partial charge in [-0.3, -0.25) is 19.5 Å². The van der Waals surface area contributed by atoms with E-state index in [9.17, 15) is 14.9 Å². The van der Waals surface area contributed by atoms with Gasteiger partial charge >= 0.3 is 0 Å². The van der Waals surface area contributed by atoms with Crippen LogP contribution in [0.5, 0.6) is 0 Å². The van der Waals surface area contributed by atoms with Crippen molar-refractivity contribution in [3.8, 4) is 17.3 Å². The molecule has 1 amide bonds. The van der Waals surface area contributed by atoms with E-state index in [4.69, 9.17) is 4.42 Å². The van der Waals surface area contributed by atoms with Crippen LogP contribution in [0.4, 0.5) is 11.4 Å². The summed E-state index contributed by atoms with van der Waals surface area (Å²) in [6, 6.07) is 18.3. The molecule has 0 atom stereocenters. The molecule has 1 aliphatic rings. The Bertz CT molecular complexity index is 1660. The zero-order chi connectivity index (χ0) is 28.3. The van der Waals surface area contributed by atoms with Gasteiger partial charge in [-0.2, -0.15) is 0 Å². The Morgan fingerprint density at radius 1 is 1.02 bits per heavy atom. The van der Waals surface area contributed by atoms with E-state index in [1.165, 1.54) is 35.2 Å². The minimum absolute atomic E-state index is 0.0633. The van der Waals surface area contributed by atoms with Gasteiger partial charge in [-0.05, 0) is 43.3 Å². The minimum atomic E-state index is -0.408. The second-order valence-corrected chi connectivity index (χ2v) is 11.3. The monoisotopic (exact) mass is 587 g/mol. The maximum atomic E-state index is 13.2. The van der Waals surface area contributed by atoms with E-state index in [-0.39, 0.29) is 11.6 Å². The third-order valence-corrected chi connectivity index (χ3v) is 8.73. The molecule has 3 aromatic heterocycles. The summed E-state index contributed by atoms with van der Waals surface area (Å²) < 4.78 is 7.57. The number of hydrogen-bond acceptors (Lipinski definition) is 10. The summed E-state index contributed by atoms with van der Waals surface area (Å²) in [5.41, 5.74) is 3.49. The second-order valence-electron chi connectivity index (χ2n) is 9.42. The van der Waals surface area contributed by atoms with Crippen LogP contribution >= 0.6 is 23.1 Å². The van der Waals surface area contributed by atoms with E-state index in [0.29, 0.717) is 54.4 Å². The zero-order valence-electron chi connectivity index (χ0n) is 22.0. The van der Waals surface area contributed by atoms with Crippen LogP contribution in [0, 0.1) is 17.0 Å². The predicted molar refractivity (Wildman–Crippen MR) is 157 cm³/mol. The summed E-state index contributed by atoms with van der Waals surface area (Å²) in [5, 5.41) is 23.1. The molecule has 41 heavy (non-hydrogen) atoms. The Hall–Kier alpha value is -4.49. The normalized spacial score (nSPS) is 13.5. The number of nitrogens with zero attached hydrogens (tertiary/aromatic N) is 7. The molecular weight excluding hydrogens is 562 g/mol. The highest BCUT2D eigenvalue weighted by molar-refractivity contribution is 7.98. The van der Waals surface area contributed by atoms with E-state index in [1.54, 1.807) is 28.7 Å². The SMILES string of the molecule is Cc1ccc(-n2c(SCc3nc(C(=O)N4CCN(c5ccc([N+](=O)[O-])cc5)CC4)cs3)nnc2-c2ccco2)cc1. The Balaban J connectivity index is 1.10. The molecule has 1 fully saturated rings. The first-order valence-electron chi connectivity index (χ1n) is 12.9. The van der Waals surface area contributed by atoms with E-state index >= 15 is 0 Å².